The SMILES string of the molecule is FC(F)(F)c1cc([B-](c2cc(C(F)(F)F)cc(C(F)(F)F)c2)(c2cc(C(F)(F)F)cc(C(F)(F)F)c2)c2cc(C(F)(F)F)cc(C(F)(F)F)c2)cc(C(F)(F)F)c1.FCO[n+]1csc2ccccc21. The Labute approximate surface area is 372 Å². The van der Waals surface area contributed by atoms with Crippen molar-refractivity contribution in [2.24, 2.45) is 0 Å². The molecule has 29 heteroatoms. The van der Waals surface area contributed by atoms with Crippen molar-refractivity contribution in [1.29, 1.82) is 0 Å². The molecule has 0 aliphatic carbocycles. The molecule has 0 fully saturated rings. The maximum Gasteiger partial charge on any atom is 0.416 e. The van der Waals surface area contributed by atoms with E-state index in [0.29, 0.717) is 0 Å². The molecule has 0 atom stereocenters. The van der Waals surface area contributed by atoms with Gasteiger partial charge in [0.15, 0.2) is 0 Å². The Kier molecular flexibility index (Phi) is 14.2. The molecule has 0 N–H and O–H groups in total. The van der Waals surface area contributed by atoms with Gasteiger partial charge in [-0.3, -0.25) is 0 Å². The Morgan fingerprint density at radius 3 is 0.812 bits per heavy atom. The van der Waals surface area contributed by atoms with Crippen LogP contribution in [0.1, 0.15) is 44.5 Å². The van der Waals surface area contributed by atoms with E-state index >= 15 is 0 Å². The third kappa shape index (κ3) is 11.9. The number of hydrogen-bond acceptors (Lipinski definition) is 2. The summed E-state index contributed by atoms with van der Waals surface area (Å²) in [4.78, 5) is 4.72. The van der Waals surface area contributed by atoms with Crippen molar-refractivity contribution < 1.29 is 119 Å². The summed E-state index contributed by atoms with van der Waals surface area (Å²) in [6.45, 7) is -0.800. The van der Waals surface area contributed by atoms with Crippen LogP contribution in [0.5, 0.6) is 0 Å². The molecule has 5 aromatic carbocycles. The summed E-state index contributed by atoms with van der Waals surface area (Å²) in [5, 5.41) is 0. The van der Waals surface area contributed by atoms with Crippen LogP contribution in [0, 0.1) is 0 Å². The molecule has 6 rings (SSSR count). The van der Waals surface area contributed by atoms with Gasteiger partial charge in [-0.15, -0.1) is 0 Å². The summed E-state index contributed by atoms with van der Waals surface area (Å²) in [7, 11) is 0. The monoisotopic (exact) mass is 1050 g/mol. The van der Waals surface area contributed by atoms with Crippen molar-refractivity contribution >= 4 is 49.6 Å². The average molecular weight is 1050 g/mol. The van der Waals surface area contributed by atoms with E-state index in [9.17, 15) is 110 Å². The Morgan fingerprint density at radius 2 is 0.594 bits per heavy atom. The molecule has 0 spiro atoms. The number of alkyl halides is 25. The van der Waals surface area contributed by atoms with Crippen molar-refractivity contribution in [3.8, 4) is 0 Å². The molecule has 0 aliphatic rings. The number of hydrogen-bond donors (Lipinski definition) is 0. The molecule has 1 heterocycles. The van der Waals surface area contributed by atoms with Crippen molar-refractivity contribution in [2.75, 3.05) is 6.86 Å². The molecule has 2 nitrogen and oxygen atoms in total. The molecule has 69 heavy (non-hydrogen) atoms. The van der Waals surface area contributed by atoms with Crippen LogP contribution in [0.15, 0.2) is 103 Å². The normalized spacial score (nSPS) is 13.6. The van der Waals surface area contributed by atoms with Crippen LogP contribution in [0.3, 0.4) is 0 Å². The molecular weight excluding hydrogens is 1030 g/mol. The van der Waals surface area contributed by atoms with Crippen LogP contribution in [0.25, 0.3) is 10.2 Å². The minimum atomic E-state index is -6.13. The first kappa shape index (κ1) is 54.1. The van der Waals surface area contributed by atoms with Gasteiger partial charge in [-0.05, 0) is 30.3 Å². The van der Waals surface area contributed by atoms with Crippen molar-refractivity contribution in [3.63, 3.8) is 0 Å². The van der Waals surface area contributed by atoms with Crippen LogP contribution in [-0.2, 0) is 49.4 Å². The lowest BCUT2D eigenvalue weighted by atomic mass is 9.12. The summed E-state index contributed by atoms with van der Waals surface area (Å²) >= 11 is 1.53. The first-order valence-corrected chi connectivity index (χ1v) is 19.0. The lowest BCUT2D eigenvalue weighted by molar-refractivity contribution is -0.872. The molecule has 0 bridgehead atoms. The van der Waals surface area contributed by atoms with Crippen LogP contribution in [0.2, 0.25) is 0 Å². The Morgan fingerprint density at radius 1 is 0.362 bits per heavy atom. The predicted octanol–water partition coefficient (Wildman–Crippen LogP) is 12.8. The van der Waals surface area contributed by atoms with Gasteiger partial charge in [0.2, 0.25) is 0 Å². The largest absolute Gasteiger partial charge is 0.416 e. The van der Waals surface area contributed by atoms with Crippen molar-refractivity contribution in [1.82, 2.24) is 0 Å². The molecular formula is C40H19BF25NOS. The summed E-state index contributed by atoms with van der Waals surface area (Å²) in [6, 6.07) is -1.11. The smallest absolute Gasteiger partial charge is 0.236 e. The van der Waals surface area contributed by atoms with Gasteiger partial charge in [0.1, 0.15) is 10.8 Å². The van der Waals surface area contributed by atoms with Gasteiger partial charge < -0.3 is 0 Å². The Bertz CT molecular complexity index is 2370. The fraction of sp³-hybridized carbons (Fsp3) is 0.225. The molecule has 6 aromatic rings. The summed E-state index contributed by atoms with van der Waals surface area (Å²) in [6.07, 6.45) is -54.8. The second kappa shape index (κ2) is 18.1. The highest BCUT2D eigenvalue weighted by atomic mass is 32.1. The standard InChI is InChI=1S/C32H12BF24.C8H7FNOS/c34-25(35,36)13-1-14(26(37,38)39)6-21(5-13)33(22-7-15(27(40,41)42)2-16(8-22)28(43,44)45,23-9-17(29(46,47)48)3-18(10-23)30(49,50)51)24-11-19(31(52,53)54)4-20(12-24)32(55,56)57;9-5-11-10-6-12-8-4-2-1-3-7(8)10/h1-12H;1-4,6H,5H2/q-1;+1. The minimum absolute atomic E-state index is 0.691. The van der Waals surface area contributed by atoms with Gasteiger partial charge in [0.05, 0.1) is 44.5 Å². The number of nitrogens with zero attached hydrogens (tertiary/aromatic N) is 1. The lowest BCUT2D eigenvalue weighted by Gasteiger charge is -2.46. The van der Waals surface area contributed by atoms with E-state index in [1.54, 1.807) is 5.51 Å². The van der Waals surface area contributed by atoms with E-state index < -0.39 is 202 Å². The second-order valence-electron chi connectivity index (χ2n) is 14.5. The van der Waals surface area contributed by atoms with E-state index in [-0.39, 0.29) is 0 Å². The number of thiazole rings is 1. The zero-order valence-corrected chi connectivity index (χ0v) is 33.6. The Hall–Kier alpha value is -5.90. The number of para-hydroxylation sites is 1. The minimum Gasteiger partial charge on any atom is -0.236 e. The number of halogens is 25. The summed E-state index contributed by atoms with van der Waals surface area (Å²) in [5.74, 6) is 0. The highest BCUT2D eigenvalue weighted by molar-refractivity contribution is 7.20. The topological polar surface area (TPSA) is 13.1 Å². The zero-order chi connectivity index (χ0) is 52.3. The van der Waals surface area contributed by atoms with Gasteiger partial charge in [-0.1, -0.05) is 72.0 Å². The highest BCUT2D eigenvalue weighted by Crippen LogP contribution is 2.41. The quantitative estimate of drug-likeness (QED) is 0.0920. The van der Waals surface area contributed by atoms with Crippen LogP contribution in [-0.4, -0.2) is 13.0 Å². The van der Waals surface area contributed by atoms with Gasteiger partial charge in [-0.25, -0.2) is 4.84 Å². The first-order valence-electron chi connectivity index (χ1n) is 18.1. The molecule has 1 aromatic heterocycles. The fourth-order valence-electron chi connectivity index (χ4n) is 7.12. The lowest BCUT2D eigenvalue weighted by Crippen LogP contribution is -2.75. The molecule has 0 unspecified atom stereocenters. The number of aromatic nitrogens is 1. The second-order valence-corrected chi connectivity index (χ2v) is 15.4. The molecule has 0 radical (unpaired) electrons. The Balaban J connectivity index is 0.000000636. The number of benzene rings is 5. The fourth-order valence-corrected chi connectivity index (χ4v) is 7.94. The van der Waals surface area contributed by atoms with E-state index in [1.807, 2.05) is 24.3 Å². The van der Waals surface area contributed by atoms with Gasteiger partial charge in [0.25, 0.3) is 17.9 Å². The average Bonchev–Trinajstić information content (AvgIpc) is 3.61. The number of fused-ring (bicyclic) bond motifs is 1. The van der Waals surface area contributed by atoms with E-state index in [1.165, 1.54) is 16.1 Å². The summed E-state index contributed by atoms with van der Waals surface area (Å²) < 4.78 is 355. The third-order valence-corrected chi connectivity index (χ3v) is 10.9. The summed E-state index contributed by atoms with van der Waals surface area (Å²) in [5.41, 5.74) is -27.6. The van der Waals surface area contributed by atoms with E-state index in [2.05, 4.69) is 0 Å². The zero-order valence-electron chi connectivity index (χ0n) is 32.8. The molecule has 0 saturated carbocycles. The van der Waals surface area contributed by atoms with Crippen LogP contribution < -0.4 is 31.4 Å². The maximum atomic E-state index is 14.2. The van der Waals surface area contributed by atoms with E-state index in [4.69, 9.17) is 4.84 Å². The highest BCUT2D eigenvalue weighted by Gasteiger charge is 2.47. The van der Waals surface area contributed by atoms with Crippen molar-refractivity contribution in [2.45, 2.75) is 49.4 Å². The van der Waals surface area contributed by atoms with Gasteiger partial charge >= 0.3 is 49.4 Å². The molecule has 0 aliphatic heterocycles. The van der Waals surface area contributed by atoms with Crippen molar-refractivity contribution in [3.05, 3.63) is 147 Å². The third-order valence-electron chi connectivity index (χ3n) is 10.0. The maximum absolute atomic E-state index is 14.2. The van der Waals surface area contributed by atoms with E-state index in [0.717, 1.165) is 10.2 Å². The molecule has 0 saturated heterocycles. The molecule has 0 amide bonds. The first-order chi connectivity index (χ1) is 31.2. The predicted molar refractivity (Wildman–Crippen MR) is 195 cm³/mol. The number of rotatable bonds is 6. The van der Waals surface area contributed by atoms with Gasteiger partial charge in [-0.2, -0.15) is 132 Å². The van der Waals surface area contributed by atoms with Gasteiger partial charge in [0, 0.05) is 10.8 Å². The molecule has 374 valence electrons. The van der Waals surface area contributed by atoms with Crippen LogP contribution in [0.4, 0.5) is 110 Å². The van der Waals surface area contributed by atoms with Crippen LogP contribution >= 0.6 is 11.3 Å².